The molecule has 1 aromatic heterocycles. The van der Waals surface area contributed by atoms with Crippen molar-refractivity contribution in [2.75, 3.05) is 11.1 Å². The maximum absolute atomic E-state index is 5.89. The number of halogens is 1. The van der Waals surface area contributed by atoms with Crippen LogP contribution in [0.4, 0.5) is 17.1 Å². The molecule has 4 heteroatoms. The van der Waals surface area contributed by atoms with Gasteiger partial charge in [-0.15, -0.1) is 0 Å². The van der Waals surface area contributed by atoms with Gasteiger partial charge in [-0.2, -0.15) is 0 Å². The minimum atomic E-state index is 0.627. The van der Waals surface area contributed by atoms with Crippen LogP contribution in [0, 0.1) is 0 Å². The minimum Gasteiger partial charge on any atom is -0.396 e. The molecule has 0 radical (unpaired) electrons. The molecule has 3 nitrogen and oxygen atoms in total. The van der Waals surface area contributed by atoms with Crippen LogP contribution < -0.4 is 11.1 Å². The summed E-state index contributed by atoms with van der Waals surface area (Å²) in [6.07, 6.45) is 5.64. The van der Waals surface area contributed by atoms with E-state index in [1.807, 2.05) is 0 Å². The fraction of sp³-hybridized carbons (Fsp3) is 0.214. The topological polar surface area (TPSA) is 50.9 Å². The Morgan fingerprint density at radius 3 is 2.56 bits per heavy atom. The van der Waals surface area contributed by atoms with E-state index in [-0.39, 0.29) is 0 Å². The SMILES string of the molecule is CCCc1ccc(Nc2c(N)cncc2Br)cc1. The van der Waals surface area contributed by atoms with Crippen molar-refractivity contribution in [3.05, 3.63) is 46.7 Å². The van der Waals surface area contributed by atoms with Gasteiger partial charge in [0.25, 0.3) is 0 Å². The van der Waals surface area contributed by atoms with E-state index in [0.29, 0.717) is 5.69 Å². The van der Waals surface area contributed by atoms with Crippen LogP contribution in [0.25, 0.3) is 0 Å². The van der Waals surface area contributed by atoms with Crippen molar-refractivity contribution in [1.82, 2.24) is 4.98 Å². The molecule has 2 rings (SSSR count). The summed E-state index contributed by atoms with van der Waals surface area (Å²) >= 11 is 3.44. The van der Waals surface area contributed by atoms with Crippen LogP contribution in [-0.4, -0.2) is 4.98 Å². The fourth-order valence-corrected chi connectivity index (χ4v) is 2.22. The third-order valence-electron chi connectivity index (χ3n) is 2.69. The number of anilines is 3. The summed E-state index contributed by atoms with van der Waals surface area (Å²) in [5.74, 6) is 0. The molecule has 0 aliphatic rings. The molecule has 1 aromatic carbocycles. The highest BCUT2D eigenvalue weighted by molar-refractivity contribution is 9.10. The van der Waals surface area contributed by atoms with E-state index < -0.39 is 0 Å². The Bertz CT molecular complexity index is 503. The van der Waals surface area contributed by atoms with Gasteiger partial charge in [-0.1, -0.05) is 25.5 Å². The lowest BCUT2D eigenvalue weighted by Crippen LogP contribution is -1.98. The Balaban J connectivity index is 2.18. The molecule has 0 bridgehead atoms. The maximum Gasteiger partial charge on any atom is 0.0794 e. The third kappa shape index (κ3) is 3.01. The Labute approximate surface area is 116 Å². The number of benzene rings is 1. The molecule has 0 aliphatic heterocycles. The zero-order valence-electron chi connectivity index (χ0n) is 10.3. The summed E-state index contributed by atoms with van der Waals surface area (Å²) in [4.78, 5) is 4.01. The second-order valence-corrected chi connectivity index (χ2v) is 5.01. The van der Waals surface area contributed by atoms with Crippen molar-refractivity contribution in [2.24, 2.45) is 0 Å². The molecule has 94 valence electrons. The minimum absolute atomic E-state index is 0.627. The summed E-state index contributed by atoms with van der Waals surface area (Å²) in [6, 6.07) is 8.41. The van der Waals surface area contributed by atoms with E-state index in [1.54, 1.807) is 12.4 Å². The zero-order valence-corrected chi connectivity index (χ0v) is 11.9. The highest BCUT2D eigenvalue weighted by Crippen LogP contribution is 2.30. The maximum atomic E-state index is 5.89. The van der Waals surface area contributed by atoms with Crippen LogP contribution >= 0.6 is 15.9 Å². The van der Waals surface area contributed by atoms with Gasteiger partial charge in [0.05, 0.1) is 22.0 Å². The molecule has 0 saturated carbocycles. The lowest BCUT2D eigenvalue weighted by molar-refractivity contribution is 0.922. The number of rotatable bonds is 4. The van der Waals surface area contributed by atoms with E-state index in [4.69, 9.17) is 5.73 Å². The summed E-state index contributed by atoms with van der Waals surface area (Å²) in [5, 5.41) is 3.30. The van der Waals surface area contributed by atoms with Gasteiger partial charge in [0, 0.05) is 11.9 Å². The third-order valence-corrected chi connectivity index (χ3v) is 3.29. The molecule has 0 spiro atoms. The molecule has 0 amide bonds. The fourth-order valence-electron chi connectivity index (χ4n) is 1.77. The Morgan fingerprint density at radius 2 is 1.94 bits per heavy atom. The quantitative estimate of drug-likeness (QED) is 0.893. The molecule has 0 saturated heterocycles. The summed E-state index contributed by atoms with van der Waals surface area (Å²) < 4.78 is 0.861. The molecule has 18 heavy (non-hydrogen) atoms. The predicted octanol–water partition coefficient (Wildman–Crippen LogP) is 4.12. The van der Waals surface area contributed by atoms with Crippen LogP contribution in [0.3, 0.4) is 0 Å². The van der Waals surface area contributed by atoms with Crippen molar-refractivity contribution in [3.8, 4) is 0 Å². The number of pyridine rings is 1. The molecule has 1 heterocycles. The highest BCUT2D eigenvalue weighted by atomic mass is 79.9. The van der Waals surface area contributed by atoms with Gasteiger partial charge in [-0.25, -0.2) is 0 Å². The Hall–Kier alpha value is -1.55. The van der Waals surface area contributed by atoms with Crippen molar-refractivity contribution in [2.45, 2.75) is 19.8 Å². The van der Waals surface area contributed by atoms with E-state index in [1.165, 1.54) is 5.56 Å². The van der Waals surface area contributed by atoms with Crippen molar-refractivity contribution >= 4 is 33.0 Å². The van der Waals surface area contributed by atoms with Crippen molar-refractivity contribution in [1.29, 1.82) is 0 Å². The Morgan fingerprint density at radius 1 is 1.22 bits per heavy atom. The number of aryl methyl sites for hydroxylation is 1. The van der Waals surface area contributed by atoms with Crippen LogP contribution in [0.1, 0.15) is 18.9 Å². The Kier molecular flexibility index (Phi) is 4.20. The first-order chi connectivity index (χ1) is 8.70. The molecule has 2 aromatic rings. The summed E-state index contributed by atoms with van der Waals surface area (Å²) in [7, 11) is 0. The average Bonchev–Trinajstić information content (AvgIpc) is 2.36. The first kappa shape index (κ1) is 12.9. The first-order valence-electron chi connectivity index (χ1n) is 5.95. The normalized spacial score (nSPS) is 10.3. The van der Waals surface area contributed by atoms with Crippen LogP contribution in [-0.2, 0) is 6.42 Å². The molecule has 3 N–H and O–H groups in total. The zero-order chi connectivity index (χ0) is 13.0. The molecule has 0 fully saturated rings. The smallest absolute Gasteiger partial charge is 0.0794 e. The van der Waals surface area contributed by atoms with Gasteiger partial charge in [-0.05, 0) is 40.0 Å². The van der Waals surface area contributed by atoms with E-state index in [9.17, 15) is 0 Å². The lowest BCUT2D eigenvalue weighted by Gasteiger charge is -2.11. The predicted molar refractivity (Wildman–Crippen MR) is 80.1 cm³/mol. The summed E-state index contributed by atoms with van der Waals surface area (Å²) in [5.41, 5.74) is 9.75. The molecule has 0 atom stereocenters. The molecule has 0 aliphatic carbocycles. The van der Waals surface area contributed by atoms with Crippen LogP contribution in [0.15, 0.2) is 41.1 Å². The van der Waals surface area contributed by atoms with Gasteiger partial charge in [0.2, 0.25) is 0 Å². The number of hydrogen-bond acceptors (Lipinski definition) is 3. The van der Waals surface area contributed by atoms with E-state index >= 15 is 0 Å². The molecular formula is C14H16BrN3. The molecule has 0 unspecified atom stereocenters. The highest BCUT2D eigenvalue weighted by Gasteiger charge is 2.04. The number of nitrogens with two attached hydrogens (primary N) is 1. The van der Waals surface area contributed by atoms with Gasteiger partial charge in [0.15, 0.2) is 0 Å². The van der Waals surface area contributed by atoms with Crippen LogP contribution in [0.5, 0.6) is 0 Å². The number of nitrogens with one attached hydrogen (secondary N) is 1. The second-order valence-electron chi connectivity index (χ2n) is 4.16. The average molecular weight is 306 g/mol. The van der Waals surface area contributed by atoms with E-state index in [0.717, 1.165) is 28.7 Å². The van der Waals surface area contributed by atoms with Gasteiger partial charge in [0.1, 0.15) is 0 Å². The number of aromatic nitrogens is 1. The lowest BCUT2D eigenvalue weighted by atomic mass is 10.1. The number of nitrogens with zero attached hydrogens (tertiary/aromatic N) is 1. The van der Waals surface area contributed by atoms with Gasteiger partial charge in [-0.3, -0.25) is 4.98 Å². The number of hydrogen-bond donors (Lipinski definition) is 2. The molecular weight excluding hydrogens is 290 g/mol. The summed E-state index contributed by atoms with van der Waals surface area (Å²) in [6.45, 7) is 2.18. The van der Waals surface area contributed by atoms with Gasteiger partial charge >= 0.3 is 0 Å². The van der Waals surface area contributed by atoms with Gasteiger partial charge < -0.3 is 11.1 Å². The largest absolute Gasteiger partial charge is 0.396 e. The standard InChI is InChI=1S/C14H16BrN3/c1-2-3-10-4-6-11(7-5-10)18-14-12(15)8-17-9-13(14)16/h4-9H,2-3,16H2,1H3,(H,17,18). The monoisotopic (exact) mass is 305 g/mol. The second kappa shape index (κ2) is 5.87. The van der Waals surface area contributed by atoms with Crippen LogP contribution in [0.2, 0.25) is 0 Å². The van der Waals surface area contributed by atoms with Crippen molar-refractivity contribution in [3.63, 3.8) is 0 Å². The number of nitrogen functional groups attached to an aromatic ring is 1. The van der Waals surface area contributed by atoms with Crippen molar-refractivity contribution < 1.29 is 0 Å². The van der Waals surface area contributed by atoms with E-state index in [2.05, 4.69) is 57.4 Å². The first-order valence-corrected chi connectivity index (χ1v) is 6.75.